The molecule has 104 valence electrons. The molecular formula is C15H21NO3. The molecule has 0 radical (unpaired) electrons. The number of aliphatic hydroxyl groups is 2. The van der Waals surface area contributed by atoms with E-state index in [4.69, 9.17) is 5.11 Å². The molecule has 0 aliphatic carbocycles. The molecule has 0 bridgehead atoms. The first-order valence-corrected chi connectivity index (χ1v) is 6.20. The van der Waals surface area contributed by atoms with Crippen molar-refractivity contribution >= 4 is 12.0 Å². The summed E-state index contributed by atoms with van der Waals surface area (Å²) in [5.74, 6) is -0.297. The van der Waals surface area contributed by atoms with Gasteiger partial charge in [-0.05, 0) is 38.0 Å². The average Bonchev–Trinajstić information content (AvgIpc) is 2.35. The lowest BCUT2D eigenvalue weighted by molar-refractivity contribution is -0.117. The minimum absolute atomic E-state index is 0.0134. The molecule has 1 atom stereocenters. The van der Waals surface area contributed by atoms with Gasteiger partial charge in [0.05, 0.1) is 6.61 Å². The number of carbonyl (C=O) groups is 1. The Bertz CT molecular complexity index is 478. The van der Waals surface area contributed by atoms with E-state index in [1.54, 1.807) is 6.08 Å². The largest absolute Gasteiger partial charge is 0.393 e. The fourth-order valence-electron chi connectivity index (χ4n) is 1.57. The van der Waals surface area contributed by atoms with Gasteiger partial charge in [-0.25, -0.2) is 0 Å². The number of aryl methyl sites for hydroxylation is 2. The van der Waals surface area contributed by atoms with Gasteiger partial charge < -0.3 is 15.5 Å². The van der Waals surface area contributed by atoms with Crippen molar-refractivity contribution in [2.45, 2.75) is 26.4 Å². The van der Waals surface area contributed by atoms with Crippen LogP contribution < -0.4 is 5.32 Å². The first-order valence-electron chi connectivity index (χ1n) is 6.20. The summed E-state index contributed by atoms with van der Waals surface area (Å²) in [6, 6.07) is 5.99. The van der Waals surface area contributed by atoms with Gasteiger partial charge in [0.2, 0.25) is 5.91 Å². The van der Waals surface area contributed by atoms with Gasteiger partial charge in [-0.1, -0.05) is 23.8 Å². The molecule has 0 fully saturated rings. The lowest BCUT2D eigenvalue weighted by atomic mass is 10.1. The van der Waals surface area contributed by atoms with Crippen LogP contribution in [0.15, 0.2) is 24.3 Å². The Morgan fingerprint density at radius 3 is 2.68 bits per heavy atom. The minimum Gasteiger partial charge on any atom is -0.393 e. The normalized spacial score (nSPS) is 14.4. The van der Waals surface area contributed by atoms with Crippen LogP contribution in [0.25, 0.3) is 6.08 Å². The van der Waals surface area contributed by atoms with Crippen molar-refractivity contribution in [3.8, 4) is 0 Å². The van der Waals surface area contributed by atoms with Crippen molar-refractivity contribution in [3.63, 3.8) is 0 Å². The first-order chi connectivity index (χ1) is 8.84. The van der Waals surface area contributed by atoms with Gasteiger partial charge in [0, 0.05) is 12.6 Å². The summed E-state index contributed by atoms with van der Waals surface area (Å²) in [7, 11) is 0. The van der Waals surface area contributed by atoms with Crippen LogP contribution in [-0.2, 0) is 4.79 Å². The van der Waals surface area contributed by atoms with Crippen molar-refractivity contribution in [2.75, 3.05) is 13.2 Å². The molecule has 1 aromatic carbocycles. The SMILES string of the molecule is Cc1ccc(C=CC(=O)NCC(C)(O)CO)c(C)c1. The molecule has 3 N–H and O–H groups in total. The van der Waals surface area contributed by atoms with Crippen molar-refractivity contribution < 1.29 is 15.0 Å². The topological polar surface area (TPSA) is 69.6 Å². The Morgan fingerprint density at radius 2 is 2.11 bits per heavy atom. The zero-order valence-electron chi connectivity index (χ0n) is 11.6. The summed E-state index contributed by atoms with van der Waals surface area (Å²) >= 11 is 0. The number of carbonyl (C=O) groups excluding carboxylic acids is 1. The maximum atomic E-state index is 11.6. The molecule has 0 spiro atoms. The van der Waals surface area contributed by atoms with Crippen molar-refractivity contribution in [2.24, 2.45) is 0 Å². The fourth-order valence-corrected chi connectivity index (χ4v) is 1.57. The quantitative estimate of drug-likeness (QED) is 0.699. The second-order valence-electron chi connectivity index (χ2n) is 5.07. The molecule has 0 aromatic heterocycles. The highest BCUT2D eigenvalue weighted by molar-refractivity contribution is 5.91. The smallest absolute Gasteiger partial charge is 0.244 e. The van der Waals surface area contributed by atoms with Gasteiger partial charge in [0.25, 0.3) is 0 Å². The second kappa shape index (κ2) is 6.50. The number of aliphatic hydroxyl groups excluding tert-OH is 1. The number of benzene rings is 1. The third-order valence-electron chi connectivity index (χ3n) is 2.82. The molecule has 0 heterocycles. The average molecular weight is 263 g/mol. The van der Waals surface area contributed by atoms with Crippen LogP contribution in [0.3, 0.4) is 0 Å². The van der Waals surface area contributed by atoms with E-state index in [-0.39, 0.29) is 12.5 Å². The monoisotopic (exact) mass is 263 g/mol. The van der Waals surface area contributed by atoms with Gasteiger partial charge in [-0.2, -0.15) is 0 Å². The van der Waals surface area contributed by atoms with Crippen LogP contribution in [0.2, 0.25) is 0 Å². The Hall–Kier alpha value is -1.65. The molecule has 1 aromatic rings. The molecule has 4 nitrogen and oxygen atoms in total. The highest BCUT2D eigenvalue weighted by Gasteiger charge is 2.18. The van der Waals surface area contributed by atoms with E-state index in [0.29, 0.717) is 0 Å². The van der Waals surface area contributed by atoms with Crippen molar-refractivity contribution in [3.05, 3.63) is 41.0 Å². The summed E-state index contributed by atoms with van der Waals surface area (Å²) in [6.07, 6.45) is 3.16. The van der Waals surface area contributed by atoms with E-state index >= 15 is 0 Å². The van der Waals surface area contributed by atoms with E-state index in [1.807, 2.05) is 32.0 Å². The van der Waals surface area contributed by atoms with E-state index in [2.05, 4.69) is 5.32 Å². The number of hydrogen-bond acceptors (Lipinski definition) is 3. The summed E-state index contributed by atoms with van der Waals surface area (Å²) in [5, 5.41) is 20.9. The van der Waals surface area contributed by atoms with Gasteiger partial charge >= 0.3 is 0 Å². The van der Waals surface area contributed by atoms with E-state index in [0.717, 1.165) is 11.1 Å². The summed E-state index contributed by atoms with van der Waals surface area (Å²) < 4.78 is 0. The Balaban J connectivity index is 2.59. The van der Waals surface area contributed by atoms with Gasteiger partial charge in [0.15, 0.2) is 0 Å². The molecule has 1 unspecified atom stereocenters. The van der Waals surface area contributed by atoms with Crippen LogP contribution in [-0.4, -0.2) is 34.9 Å². The zero-order chi connectivity index (χ0) is 14.5. The number of hydrogen-bond donors (Lipinski definition) is 3. The zero-order valence-corrected chi connectivity index (χ0v) is 11.6. The summed E-state index contributed by atoms with van der Waals surface area (Å²) in [5.41, 5.74) is 1.97. The molecule has 0 aliphatic rings. The third kappa shape index (κ3) is 5.24. The van der Waals surface area contributed by atoms with Gasteiger partial charge in [0.1, 0.15) is 5.60 Å². The van der Waals surface area contributed by atoms with E-state index < -0.39 is 12.2 Å². The highest BCUT2D eigenvalue weighted by atomic mass is 16.3. The van der Waals surface area contributed by atoms with E-state index in [9.17, 15) is 9.90 Å². The molecule has 1 rings (SSSR count). The lowest BCUT2D eigenvalue weighted by Gasteiger charge is -2.19. The summed E-state index contributed by atoms with van der Waals surface area (Å²) in [4.78, 5) is 11.6. The molecule has 0 saturated carbocycles. The maximum Gasteiger partial charge on any atom is 0.244 e. The van der Waals surface area contributed by atoms with Crippen LogP contribution in [0.5, 0.6) is 0 Å². The first kappa shape index (κ1) is 15.4. The van der Waals surface area contributed by atoms with Crippen LogP contribution in [0, 0.1) is 13.8 Å². The van der Waals surface area contributed by atoms with Crippen LogP contribution in [0.1, 0.15) is 23.6 Å². The molecular weight excluding hydrogens is 242 g/mol. The molecule has 19 heavy (non-hydrogen) atoms. The summed E-state index contributed by atoms with van der Waals surface area (Å²) in [6.45, 7) is 5.08. The fraction of sp³-hybridized carbons (Fsp3) is 0.400. The predicted molar refractivity (Wildman–Crippen MR) is 75.7 cm³/mol. The molecule has 4 heteroatoms. The standard InChI is InChI=1S/C15H21NO3/c1-11-4-5-13(12(2)8-11)6-7-14(18)16-9-15(3,19)10-17/h4-8,17,19H,9-10H2,1-3H3,(H,16,18). The van der Waals surface area contributed by atoms with Crippen molar-refractivity contribution in [1.29, 1.82) is 0 Å². The van der Waals surface area contributed by atoms with Crippen LogP contribution in [0.4, 0.5) is 0 Å². The van der Waals surface area contributed by atoms with Gasteiger partial charge in [-0.15, -0.1) is 0 Å². The lowest BCUT2D eigenvalue weighted by Crippen LogP contribution is -2.42. The van der Waals surface area contributed by atoms with E-state index in [1.165, 1.54) is 18.6 Å². The Labute approximate surface area is 113 Å². The number of nitrogens with one attached hydrogen (secondary N) is 1. The molecule has 1 amide bonds. The third-order valence-corrected chi connectivity index (χ3v) is 2.82. The Kier molecular flexibility index (Phi) is 5.27. The Morgan fingerprint density at radius 1 is 1.42 bits per heavy atom. The van der Waals surface area contributed by atoms with Crippen LogP contribution >= 0.6 is 0 Å². The number of rotatable bonds is 5. The molecule has 0 saturated heterocycles. The molecule has 0 aliphatic heterocycles. The second-order valence-corrected chi connectivity index (χ2v) is 5.07. The number of amides is 1. The van der Waals surface area contributed by atoms with Crippen molar-refractivity contribution in [1.82, 2.24) is 5.32 Å². The maximum absolute atomic E-state index is 11.6. The highest BCUT2D eigenvalue weighted by Crippen LogP contribution is 2.11. The predicted octanol–water partition coefficient (Wildman–Crippen LogP) is 1.18. The minimum atomic E-state index is -1.29. The van der Waals surface area contributed by atoms with Gasteiger partial charge in [-0.3, -0.25) is 4.79 Å².